The number of rotatable bonds is 1. The van der Waals surface area contributed by atoms with Gasteiger partial charge in [-0.25, -0.2) is 0 Å². The molecule has 2 atom stereocenters. The summed E-state index contributed by atoms with van der Waals surface area (Å²) in [5.74, 6) is 0.566. The molecule has 3 aliphatic heterocycles. The maximum atomic E-state index is 11.6. The number of hydrogen-bond acceptors (Lipinski definition) is 5. The van der Waals surface area contributed by atoms with Gasteiger partial charge >= 0.3 is 0 Å². The lowest BCUT2D eigenvalue weighted by Gasteiger charge is -2.31. The van der Waals surface area contributed by atoms with Crippen LogP contribution in [-0.4, -0.2) is 94.1 Å². The van der Waals surface area contributed by atoms with E-state index in [1.807, 2.05) is 53.5 Å². The lowest BCUT2D eigenvalue weighted by atomic mass is 9.95. The van der Waals surface area contributed by atoms with Gasteiger partial charge in [-0.15, -0.1) is 0 Å². The Morgan fingerprint density at radius 2 is 1.53 bits per heavy atom. The standard InChI is InChI=1S/2C9H17NO2.C8H15NO/c1-9(2,3)12-7-5-6-10(4)8(7)11;1-9(2,3)8(12)10-5-4-7(11)6-10;1-8(2,3)9-6-4-5-7(9)10/h7H,5-6H2,1-4H3;7,11H,4-6H2,1-3H3;4-6H2,1-3H3. The zero-order chi connectivity index (χ0) is 26.5. The topological polar surface area (TPSA) is 90.4 Å². The Morgan fingerprint density at radius 3 is 1.82 bits per heavy atom. The highest BCUT2D eigenvalue weighted by atomic mass is 16.5. The average Bonchev–Trinajstić information content (AvgIpc) is 3.37. The van der Waals surface area contributed by atoms with Crippen molar-refractivity contribution in [3.8, 4) is 0 Å². The number of aliphatic hydroxyl groups is 1. The maximum Gasteiger partial charge on any atom is 0.251 e. The Kier molecular flexibility index (Phi) is 10.6. The van der Waals surface area contributed by atoms with Crippen LogP contribution in [0.25, 0.3) is 0 Å². The molecule has 1 N–H and O–H groups in total. The van der Waals surface area contributed by atoms with Gasteiger partial charge in [0.2, 0.25) is 11.8 Å². The molecule has 0 aromatic rings. The minimum atomic E-state index is -0.315. The summed E-state index contributed by atoms with van der Waals surface area (Å²) >= 11 is 0. The highest BCUT2D eigenvalue weighted by Gasteiger charge is 2.33. The second-order valence-electron chi connectivity index (χ2n) is 12.5. The average molecular weight is 484 g/mol. The first-order chi connectivity index (χ1) is 15.3. The Balaban J connectivity index is 0.000000256. The predicted molar refractivity (Wildman–Crippen MR) is 134 cm³/mol. The number of likely N-dealkylation sites (tertiary alicyclic amines) is 3. The first kappa shape index (κ1) is 30.4. The largest absolute Gasteiger partial charge is 0.391 e. The summed E-state index contributed by atoms with van der Waals surface area (Å²) in [7, 11) is 1.81. The fourth-order valence-electron chi connectivity index (χ4n) is 4.08. The first-order valence-corrected chi connectivity index (χ1v) is 12.5. The predicted octanol–water partition coefficient (Wildman–Crippen LogP) is 3.07. The molecule has 0 radical (unpaired) electrons. The van der Waals surface area contributed by atoms with Crippen LogP contribution in [0.2, 0.25) is 0 Å². The minimum Gasteiger partial charge on any atom is -0.391 e. The van der Waals surface area contributed by atoms with Gasteiger partial charge in [0.25, 0.3) is 5.91 Å². The summed E-state index contributed by atoms with van der Waals surface area (Å²) in [5.41, 5.74) is -0.497. The van der Waals surface area contributed by atoms with E-state index >= 15 is 0 Å². The van der Waals surface area contributed by atoms with E-state index in [0.29, 0.717) is 19.0 Å². The molecule has 0 spiro atoms. The van der Waals surface area contributed by atoms with Gasteiger partial charge in [0.15, 0.2) is 0 Å². The van der Waals surface area contributed by atoms with Crippen molar-refractivity contribution in [2.75, 3.05) is 33.2 Å². The molecule has 198 valence electrons. The van der Waals surface area contributed by atoms with Gasteiger partial charge in [-0.1, -0.05) is 20.8 Å². The number of aliphatic hydroxyl groups excluding tert-OH is 1. The number of ether oxygens (including phenoxy) is 1. The van der Waals surface area contributed by atoms with Crippen LogP contribution in [0.5, 0.6) is 0 Å². The summed E-state index contributed by atoms with van der Waals surface area (Å²) in [5, 5.41) is 9.22. The second kappa shape index (κ2) is 11.8. The van der Waals surface area contributed by atoms with Crippen molar-refractivity contribution in [2.45, 2.75) is 111 Å². The fourth-order valence-corrected chi connectivity index (χ4v) is 4.08. The van der Waals surface area contributed by atoms with E-state index in [1.54, 1.807) is 9.80 Å². The van der Waals surface area contributed by atoms with Crippen molar-refractivity contribution >= 4 is 17.7 Å². The molecule has 0 aromatic carbocycles. The van der Waals surface area contributed by atoms with Crippen LogP contribution < -0.4 is 0 Å². The van der Waals surface area contributed by atoms with Crippen LogP contribution in [0.3, 0.4) is 0 Å². The van der Waals surface area contributed by atoms with Gasteiger partial charge in [0.1, 0.15) is 6.10 Å². The van der Waals surface area contributed by atoms with Crippen molar-refractivity contribution in [3.63, 3.8) is 0 Å². The molecule has 0 aromatic heterocycles. The number of likely N-dealkylation sites (N-methyl/N-ethyl adjacent to an activating group) is 1. The smallest absolute Gasteiger partial charge is 0.251 e. The van der Waals surface area contributed by atoms with Crippen LogP contribution in [-0.2, 0) is 19.1 Å². The molecule has 0 saturated carbocycles. The van der Waals surface area contributed by atoms with Crippen LogP contribution in [0, 0.1) is 5.41 Å². The maximum absolute atomic E-state index is 11.6. The lowest BCUT2D eigenvalue weighted by molar-refractivity contribution is -0.144. The highest BCUT2D eigenvalue weighted by Crippen LogP contribution is 2.22. The van der Waals surface area contributed by atoms with Crippen LogP contribution in [0.4, 0.5) is 0 Å². The zero-order valence-electron chi connectivity index (χ0n) is 23.2. The van der Waals surface area contributed by atoms with Gasteiger partial charge in [0.05, 0.1) is 11.7 Å². The molecule has 3 heterocycles. The van der Waals surface area contributed by atoms with Gasteiger partial charge in [-0.05, 0) is 54.4 Å². The van der Waals surface area contributed by atoms with E-state index in [-0.39, 0.29) is 40.6 Å². The molecule has 8 nitrogen and oxygen atoms in total. The molecular formula is C26H49N3O5. The Labute approximate surface area is 207 Å². The van der Waals surface area contributed by atoms with Crippen LogP contribution in [0.1, 0.15) is 88.0 Å². The first-order valence-electron chi connectivity index (χ1n) is 12.5. The molecule has 3 rings (SSSR count). The van der Waals surface area contributed by atoms with E-state index < -0.39 is 0 Å². The van der Waals surface area contributed by atoms with Crippen molar-refractivity contribution in [3.05, 3.63) is 0 Å². The van der Waals surface area contributed by atoms with Gasteiger partial charge in [0, 0.05) is 57.0 Å². The number of β-amino-alcohol motifs (C(OH)–C–C–N with tert-alkyl or cyclic N) is 1. The zero-order valence-corrected chi connectivity index (χ0v) is 23.2. The number of amides is 3. The van der Waals surface area contributed by atoms with Crippen LogP contribution >= 0.6 is 0 Å². The normalized spacial score (nSPS) is 23.6. The van der Waals surface area contributed by atoms with E-state index in [2.05, 4.69) is 20.8 Å². The number of carbonyl (C=O) groups is 3. The summed E-state index contributed by atoms with van der Waals surface area (Å²) < 4.78 is 5.59. The number of hydrogen-bond donors (Lipinski definition) is 1. The van der Waals surface area contributed by atoms with Gasteiger partial charge in [-0.2, -0.15) is 0 Å². The van der Waals surface area contributed by atoms with Crippen molar-refractivity contribution in [1.82, 2.24) is 14.7 Å². The van der Waals surface area contributed by atoms with Crippen molar-refractivity contribution in [1.29, 1.82) is 0 Å². The number of nitrogens with zero attached hydrogens (tertiary/aromatic N) is 3. The second-order valence-corrected chi connectivity index (χ2v) is 12.5. The van der Waals surface area contributed by atoms with Gasteiger partial charge in [-0.3, -0.25) is 14.4 Å². The summed E-state index contributed by atoms with van der Waals surface area (Å²) in [4.78, 5) is 39.6. The fraction of sp³-hybridized carbons (Fsp3) is 0.885. The third kappa shape index (κ3) is 9.90. The molecule has 2 unspecified atom stereocenters. The summed E-state index contributed by atoms with van der Waals surface area (Å²) in [6.07, 6.45) is 2.81. The minimum absolute atomic E-state index is 0.0353. The monoisotopic (exact) mass is 483 g/mol. The molecule has 0 aliphatic carbocycles. The third-order valence-corrected chi connectivity index (χ3v) is 5.85. The van der Waals surface area contributed by atoms with E-state index in [0.717, 1.165) is 38.8 Å². The Hall–Kier alpha value is -1.67. The lowest BCUT2D eigenvalue weighted by Crippen LogP contribution is -2.41. The molecule has 3 fully saturated rings. The molecule has 3 aliphatic rings. The summed E-state index contributed by atoms with van der Waals surface area (Å²) in [6.45, 7) is 20.8. The quantitative estimate of drug-likeness (QED) is 0.619. The molecule has 3 amide bonds. The molecule has 0 bridgehead atoms. The van der Waals surface area contributed by atoms with E-state index in [9.17, 15) is 19.5 Å². The van der Waals surface area contributed by atoms with E-state index in [1.165, 1.54) is 0 Å². The summed E-state index contributed by atoms with van der Waals surface area (Å²) in [6, 6.07) is 0. The van der Waals surface area contributed by atoms with Crippen molar-refractivity contribution in [2.24, 2.45) is 5.41 Å². The Bertz CT molecular complexity index is 703. The van der Waals surface area contributed by atoms with E-state index in [4.69, 9.17) is 4.74 Å². The van der Waals surface area contributed by atoms with Crippen molar-refractivity contribution < 1.29 is 24.2 Å². The SMILES string of the molecule is CC(C)(C)C(=O)N1CCC(O)C1.CC(C)(C)N1CCCC1=O.CN1CCC(OC(C)(C)C)C1=O. The van der Waals surface area contributed by atoms with Crippen LogP contribution in [0.15, 0.2) is 0 Å². The molecule has 34 heavy (non-hydrogen) atoms. The molecular weight excluding hydrogens is 434 g/mol. The number of carbonyl (C=O) groups excluding carboxylic acids is 3. The molecule has 3 saturated heterocycles. The third-order valence-electron chi connectivity index (χ3n) is 5.85. The Morgan fingerprint density at radius 1 is 0.941 bits per heavy atom. The molecule has 8 heteroatoms. The van der Waals surface area contributed by atoms with Gasteiger partial charge < -0.3 is 24.5 Å². The highest BCUT2D eigenvalue weighted by molar-refractivity contribution is 5.83.